The molecule has 0 unspecified atom stereocenters. The van der Waals surface area contributed by atoms with Crippen molar-refractivity contribution in [3.8, 4) is 5.75 Å². The van der Waals surface area contributed by atoms with Gasteiger partial charge in [0, 0.05) is 26.2 Å². The lowest BCUT2D eigenvalue weighted by molar-refractivity contribution is 0.125. The van der Waals surface area contributed by atoms with Crippen LogP contribution in [0.15, 0.2) is 29.2 Å². The molecule has 1 atom stereocenters. The summed E-state index contributed by atoms with van der Waals surface area (Å²) in [4.78, 5) is 0.142. The predicted octanol–water partition coefficient (Wildman–Crippen LogP) is 4.25. The molecule has 0 saturated heterocycles. The Morgan fingerprint density at radius 1 is 0.892 bits per heavy atom. The molecule has 2 aliphatic carbocycles. The number of rotatable bonds is 14. The van der Waals surface area contributed by atoms with Gasteiger partial charge in [0.25, 0.3) is 0 Å². The molecule has 1 N–H and O–H groups in total. The summed E-state index contributed by atoms with van der Waals surface area (Å²) in [5, 5.41) is 10.6. The normalized spacial score (nSPS) is 19.2. The molecule has 212 valence electrons. The minimum absolute atomic E-state index is 0.0609. The van der Waals surface area contributed by atoms with Gasteiger partial charge in [-0.1, -0.05) is 46.0 Å². The third-order valence-electron chi connectivity index (χ3n) is 7.66. The molecule has 0 aliphatic heterocycles. The fourth-order valence-corrected chi connectivity index (χ4v) is 9.34. The average molecular weight is 559 g/mol. The van der Waals surface area contributed by atoms with E-state index >= 15 is 0 Å². The van der Waals surface area contributed by atoms with Crippen LogP contribution in [0.1, 0.15) is 78.1 Å². The summed E-state index contributed by atoms with van der Waals surface area (Å²) < 4.78 is 62.0. The van der Waals surface area contributed by atoms with E-state index < -0.39 is 26.2 Å². The third kappa shape index (κ3) is 8.39. The van der Waals surface area contributed by atoms with Crippen molar-refractivity contribution in [2.75, 3.05) is 33.3 Å². The Balaban J connectivity index is 1.71. The highest BCUT2D eigenvalue weighted by molar-refractivity contribution is 7.89. The van der Waals surface area contributed by atoms with E-state index in [1.165, 1.54) is 23.5 Å². The number of aliphatic hydroxyl groups excluding tert-OH is 1. The Kier molecular flexibility index (Phi) is 11.3. The standard InChI is InChI=1S/C27H46N2O6S2/c1-22(2)19-29(37(33,34)27-15-13-25(35-3)14-16-27)21-24(30)17-18-28(20-23-9-7-8-10-23)36(31,32)26-11-5-4-6-12-26/h13-16,22-24,26,30H,4-12,17-21H2,1-3H3/t24-/m0/s1. The lowest BCUT2D eigenvalue weighted by Gasteiger charge is -2.32. The molecule has 0 amide bonds. The highest BCUT2D eigenvalue weighted by Crippen LogP contribution is 2.31. The summed E-state index contributed by atoms with van der Waals surface area (Å²) in [6.45, 7) is 4.77. The second-order valence-electron chi connectivity index (χ2n) is 11.1. The van der Waals surface area contributed by atoms with Crippen molar-refractivity contribution in [1.29, 1.82) is 0 Å². The molecule has 37 heavy (non-hydrogen) atoms. The van der Waals surface area contributed by atoms with Crippen LogP contribution >= 0.6 is 0 Å². The van der Waals surface area contributed by atoms with Gasteiger partial charge in [-0.3, -0.25) is 0 Å². The largest absolute Gasteiger partial charge is 0.497 e. The van der Waals surface area contributed by atoms with Gasteiger partial charge in [0.05, 0.1) is 23.4 Å². The number of methoxy groups -OCH3 is 1. The number of hydrogen-bond acceptors (Lipinski definition) is 6. The van der Waals surface area contributed by atoms with Gasteiger partial charge < -0.3 is 9.84 Å². The molecule has 0 bridgehead atoms. The van der Waals surface area contributed by atoms with E-state index in [4.69, 9.17) is 4.74 Å². The van der Waals surface area contributed by atoms with E-state index in [0.717, 1.165) is 44.9 Å². The van der Waals surface area contributed by atoms with Crippen molar-refractivity contribution in [2.45, 2.75) is 94.3 Å². The number of sulfonamides is 2. The fraction of sp³-hybridized carbons (Fsp3) is 0.778. The maximum atomic E-state index is 13.6. The Morgan fingerprint density at radius 2 is 1.49 bits per heavy atom. The highest BCUT2D eigenvalue weighted by Gasteiger charge is 2.35. The lowest BCUT2D eigenvalue weighted by atomic mass is 10.0. The van der Waals surface area contributed by atoms with E-state index in [9.17, 15) is 21.9 Å². The van der Waals surface area contributed by atoms with Crippen LogP contribution in [-0.4, -0.2) is 75.2 Å². The fourth-order valence-electron chi connectivity index (χ4n) is 5.57. The van der Waals surface area contributed by atoms with Crippen molar-refractivity contribution >= 4 is 20.0 Å². The summed E-state index contributed by atoms with van der Waals surface area (Å²) in [6, 6.07) is 6.23. The molecule has 8 nitrogen and oxygen atoms in total. The van der Waals surface area contributed by atoms with Gasteiger partial charge in [-0.05, 0) is 68.2 Å². The minimum atomic E-state index is -3.83. The van der Waals surface area contributed by atoms with Crippen LogP contribution < -0.4 is 4.74 Å². The van der Waals surface area contributed by atoms with Gasteiger partial charge in [-0.2, -0.15) is 4.31 Å². The van der Waals surface area contributed by atoms with Gasteiger partial charge in [0.2, 0.25) is 20.0 Å². The molecular weight excluding hydrogens is 512 g/mol. The summed E-state index contributed by atoms with van der Waals surface area (Å²) in [6.07, 6.45) is 7.96. The predicted molar refractivity (Wildman–Crippen MR) is 147 cm³/mol. The van der Waals surface area contributed by atoms with E-state index in [1.807, 2.05) is 13.8 Å². The Labute approximate surface area is 224 Å². The van der Waals surface area contributed by atoms with Crippen LogP contribution in [0.3, 0.4) is 0 Å². The van der Waals surface area contributed by atoms with Crippen molar-refractivity contribution in [3.05, 3.63) is 24.3 Å². The van der Waals surface area contributed by atoms with Crippen LogP contribution in [0.5, 0.6) is 5.75 Å². The van der Waals surface area contributed by atoms with Gasteiger partial charge in [-0.15, -0.1) is 0 Å². The summed E-state index contributed by atoms with van der Waals surface area (Å²) in [7, 11) is -5.76. The van der Waals surface area contributed by atoms with Crippen molar-refractivity contribution in [3.63, 3.8) is 0 Å². The van der Waals surface area contributed by atoms with Gasteiger partial charge in [0.1, 0.15) is 5.75 Å². The number of benzene rings is 1. The molecule has 10 heteroatoms. The molecule has 2 fully saturated rings. The molecule has 2 saturated carbocycles. The quantitative estimate of drug-likeness (QED) is 0.366. The van der Waals surface area contributed by atoms with Gasteiger partial charge >= 0.3 is 0 Å². The molecule has 3 rings (SSSR count). The number of nitrogens with zero attached hydrogens (tertiary/aromatic N) is 2. The van der Waals surface area contributed by atoms with E-state index in [0.29, 0.717) is 31.1 Å². The summed E-state index contributed by atoms with van der Waals surface area (Å²) in [5.41, 5.74) is 0. The molecule has 2 aliphatic rings. The average Bonchev–Trinajstić information content (AvgIpc) is 3.39. The topological polar surface area (TPSA) is 104 Å². The molecule has 0 spiro atoms. The number of ether oxygens (including phenoxy) is 1. The molecule has 0 radical (unpaired) electrons. The summed E-state index contributed by atoms with van der Waals surface area (Å²) >= 11 is 0. The van der Waals surface area contributed by atoms with Gasteiger partial charge in [-0.25, -0.2) is 21.1 Å². The number of hydrogen-bond donors (Lipinski definition) is 1. The summed E-state index contributed by atoms with van der Waals surface area (Å²) in [5.74, 6) is 0.991. The number of aliphatic hydroxyl groups is 1. The zero-order valence-electron chi connectivity index (χ0n) is 22.7. The third-order valence-corrected chi connectivity index (χ3v) is 11.9. The minimum Gasteiger partial charge on any atom is -0.497 e. The van der Waals surface area contributed by atoms with Crippen LogP contribution in [-0.2, 0) is 20.0 Å². The van der Waals surface area contributed by atoms with Crippen molar-refractivity contribution in [2.24, 2.45) is 11.8 Å². The first-order chi connectivity index (χ1) is 17.5. The van der Waals surface area contributed by atoms with E-state index in [1.54, 1.807) is 16.4 Å². The first kappa shape index (κ1) is 30.3. The maximum absolute atomic E-state index is 13.6. The SMILES string of the molecule is COc1ccc(S(=O)(=O)N(CC(C)C)C[C@@H](O)CCN(CC2CCCC2)S(=O)(=O)C2CCCCC2)cc1. The monoisotopic (exact) mass is 558 g/mol. The van der Waals surface area contributed by atoms with Crippen LogP contribution in [0.25, 0.3) is 0 Å². The maximum Gasteiger partial charge on any atom is 0.243 e. The second-order valence-corrected chi connectivity index (χ2v) is 15.3. The highest BCUT2D eigenvalue weighted by atomic mass is 32.2. The molecule has 1 aromatic rings. The second kappa shape index (κ2) is 13.7. The van der Waals surface area contributed by atoms with Crippen LogP contribution in [0.2, 0.25) is 0 Å². The first-order valence-corrected chi connectivity index (χ1v) is 16.8. The van der Waals surface area contributed by atoms with Crippen LogP contribution in [0, 0.1) is 11.8 Å². The van der Waals surface area contributed by atoms with Crippen molar-refractivity contribution < 1.29 is 26.7 Å². The van der Waals surface area contributed by atoms with Crippen molar-refractivity contribution in [1.82, 2.24) is 8.61 Å². The van der Waals surface area contributed by atoms with E-state index in [2.05, 4.69) is 0 Å². The first-order valence-electron chi connectivity index (χ1n) is 13.8. The molecule has 0 heterocycles. The Morgan fingerprint density at radius 3 is 2.05 bits per heavy atom. The molecular formula is C27H46N2O6S2. The zero-order valence-corrected chi connectivity index (χ0v) is 24.4. The lowest BCUT2D eigenvalue weighted by Crippen LogP contribution is -2.44. The van der Waals surface area contributed by atoms with Gasteiger partial charge in [0.15, 0.2) is 0 Å². The Hall–Kier alpha value is -1.20. The van der Waals surface area contributed by atoms with Crippen LogP contribution in [0.4, 0.5) is 0 Å². The Bertz CT molecular complexity index is 1030. The molecule has 0 aromatic heterocycles. The van der Waals surface area contributed by atoms with E-state index in [-0.39, 0.29) is 42.1 Å². The zero-order chi connectivity index (χ0) is 27.1. The molecule has 1 aromatic carbocycles. The smallest absolute Gasteiger partial charge is 0.243 e.